The van der Waals surface area contributed by atoms with Crippen LogP contribution in [-0.4, -0.2) is 54.1 Å². The number of pyridine rings is 1. The number of alkyl carbamates (subject to hydrolysis) is 1. The molecule has 13 heteroatoms. The van der Waals surface area contributed by atoms with E-state index in [0.717, 1.165) is 29.1 Å². The van der Waals surface area contributed by atoms with E-state index in [2.05, 4.69) is 30.5 Å². The highest BCUT2D eigenvalue weighted by atomic mass is 32.1. The van der Waals surface area contributed by atoms with Crippen LogP contribution in [0.2, 0.25) is 0 Å². The molecule has 0 aliphatic carbocycles. The van der Waals surface area contributed by atoms with E-state index >= 15 is 0 Å². The second-order valence-electron chi connectivity index (χ2n) is 12.5. The first-order valence-electron chi connectivity index (χ1n) is 15.0. The van der Waals surface area contributed by atoms with Gasteiger partial charge in [-0.2, -0.15) is 0 Å². The Labute approximate surface area is 270 Å². The highest BCUT2D eigenvalue weighted by molar-refractivity contribution is 7.09. The van der Waals surface area contributed by atoms with E-state index in [1.165, 1.54) is 12.5 Å². The van der Waals surface area contributed by atoms with Crippen LogP contribution in [0.15, 0.2) is 69.1 Å². The van der Waals surface area contributed by atoms with Crippen LogP contribution in [-0.2, 0) is 16.8 Å². The zero-order valence-electron chi connectivity index (χ0n) is 26.3. The Morgan fingerprint density at radius 1 is 1.09 bits per heavy atom. The third kappa shape index (κ3) is 6.84. The van der Waals surface area contributed by atoms with Crippen molar-refractivity contribution in [3.05, 3.63) is 88.2 Å². The van der Waals surface area contributed by atoms with E-state index in [4.69, 9.17) is 13.6 Å². The molecule has 1 aromatic carbocycles. The minimum Gasteiger partial charge on any atom is -0.443 e. The van der Waals surface area contributed by atoms with Gasteiger partial charge in [0.25, 0.3) is 11.8 Å². The molecule has 12 nitrogen and oxygen atoms in total. The van der Waals surface area contributed by atoms with Crippen molar-refractivity contribution in [3.8, 4) is 23.0 Å². The normalized spacial score (nSPS) is 16.3. The number of carbonyl (C=O) groups excluding carboxylic acids is 2. The summed E-state index contributed by atoms with van der Waals surface area (Å²) in [4.78, 5) is 42.3. The average Bonchev–Trinajstić information content (AvgIpc) is 3.83. The number of benzene rings is 1. The standard InChI is InChI=1S/C33H35N7O5S/c1-20-19-46-28(35-20)25-12-9-14-40(25)29(41)24-17-22(16-23(36-24)27-34-13-15-43-27)26-38-39-30(44-26)33(5,18-21-10-7-6-8-11-21)45-31(42)37-32(2,3)4/h6-8,10-11,13,15-17,19,25H,9,12,14,18H2,1-5H3,(H,37,42)/t25-,33-/m1/s1. The van der Waals surface area contributed by atoms with Crippen LogP contribution in [0.1, 0.15) is 79.2 Å². The fourth-order valence-corrected chi connectivity index (χ4v) is 6.34. The number of ether oxygens (including phenoxy) is 1. The van der Waals surface area contributed by atoms with Gasteiger partial charge in [0.15, 0.2) is 5.60 Å². The summed E-state index contributed by atoms with van der Waals surface area (Å²) < 4.78 is 17.7. The number of carbonyl (C=O) groups is 2. The number of nitrogens with zero attached hydrogens (tertiary/aromatic N) is 6. The second-order valence-corrected chi connectivity index (χ2v) is 13.4. The molecule has 2 amide bonds. The zero-order chi connectivity index (χ0) is 32.5. The molecule has 0 spiro atoms. The molecule has 4 aromatic heterocycles. The molecule has 1 fully saturated rings. The summed E-state index contributed by atoms with van der Waals surface area (Å²) in [6.07, 6.45) is 4.28. The van der Waals surface area contributed by atoms with Gasteiger partial charge in [-0.1, -0.05) is 30.3 Å². The molecule has 46 heavy (non-hydrogen) atoms. The minimum absolute atomic E-state index is 0.0940. The quantitative estimate of drug-likeness (QED) is 0.199. The van der Waals surface area contributed by atoms with Crippen LogP contribution in [0.25, 0.3) is 23.0 Å². The predicted octanol–water partition coefficient (Wildman–Crippen LogP) is 6.51. The van der Waals surface area contributed by atoms with Crippen molar-refractivity contribution in [2.45, 2.75) is 71.1 Å². The summed E-state index contributed by atoms with van der Waals surface area (Å²) >= 11 is 1.55. The van der Waals surface area contributed by atoms with E-state index in [1.807, 2.05) is 68.3 Å². The van der Waals surface area contributed by atoms with E-state index in [9.17, 15) is 9.59 Å². The van der Waals surface area contributed by atoms with Gasteiger partial charge in [-0.25, -0.2) is 19.7 Å². The molecule has 5 heterocycles. The van der Waals surface area contributed by atoms with Crippen molar-refractivity contribution < 1.29 is 23.2 Å². The second kappa shape index (κ2) is 12.5. The first-order chi connectivity index (χ1) is 22.0. The molecule has 5 aromatic rings. The van der Waals surface area contributed by atoms with Gasteiger partial charge in [0.05, 0.1) is 12.2 Å². The molecule has 6 rings (SSSR count). The largest absolute Gasteiger partial charge is 0.443 e. The van der Waals surface area contributed by atoms with Gasteiger partial charge in [-0.05, 0) is 65.2 Å². The highest BCUT2D eigenvalue weighted by Gasteiger charge is 2.39. The Hall–Kier alpha value is -4.91. The fourth-order valence-electron chi connectivity index (χ4n) is 5.39. The average molecular weight is 642 g/mol. The molecule has 0 bridgehead atoms. The minimum atomic E-state index is -1.31. The lowest BCUT2D eigenvalue weighted by molar-refractivity contribution is -0.00121. The molecule has 1 N–H and O–H groups in total. The maximum atomic E-state index is 14.0. The Balaban J connectivity index is 1.36. The molecule has 1 aliphatic rings. The number of aromatic nitrogens is 5. The molecule has 1 saturated heterocycles. The van der Waals surface area contributed by atoms with Crippen LogP contribution >= 0.6 is 11.3 Å². The van der Waals surface area contributed by atoms with Gasteiger partial charge in [-0.15, -0.1) is 21.5 Å². The van der Waals surface area contributed by atoms with Crippen molar-refractivity contribution in [1.29, 1.82) is 0 Å². The van der Waals surface area contributed by atoms with Crippen LogP contribution in [0.4, 0.5) is 4.79 Å². The number of amides is 2. The predicted molar refractivity (Wildman–Crippen MR) is 170 cm³/mol. The van der Waals surface area contributed by atoms with E-state index in [0.29, 0.717) is 17.8 Å². The molecule has 0 saturated carbocycles. The van der Waals surface area contributed by atoms with Crippen molar-refractivity contribution in [3.63, 3.8) is 0 Å². The number of likely N-dealkylation sites (tertiary alicyclic amines) is 1. The van der Waals surface area contributed by atoms with Gasteiger partial charge in [0.1, 0.15) is 22.7 Å². The van der Waals surface area contributed by atoms with Crippen LogP contribution in [0.5, 0.6) is 0 Å². The maximum absolute atomic E-state index is 14.0. The summed E-state index contributed by atoms with van der Waals surface area (Å²) in [7, 11) is 0. The lowest BCUT2D eigenvalue weighted by Crippen LogP contribution is -2.45. The monoisotopic (exact) mass is 641 g/mol. The lowest BCUT2D eigenvalue weighted by atomic mass is 9.96. The zero-order valence-corrected chi connectivity index (χ0v) is 27.1. The van der Waals surface area contributed by atoms with E-state index < -0.39 is 17.2 Å². The molecule has 2 atom stereocenters. The van der Waals surface area contributed by atoms with Crippen molar-refractivity contribution in [1.82, 2.24) is 35.4 Å². The van der Waals surface area contributed by atoms with Crippen molar-refractivity contribution in [2.75, 3.05) is 6.54 Å². The summed E-state index contributed by atoms with van der Waals surface area (Å²) in [5, 5.41) is 14.4. The van der Waals surface area contributed by atoms with Gasteiger partial charge in [-0.3, -0.25) is 4.79 Å². The number of aryl methyl sites for hydroxylation is 1. The molecule has 1 aliphatic heterocycles. The van der Waals surface area contributed by atoms with Crippen LogP contribution < -0.4 is 5.32 Å². The SMILES string of the molecule is Cc1csc([C@H]2CCCN2C(=O)c2cc(-c3nnc([C@@](C)(Cc4ccccc4)OC(=O)NC(C)(C)C)o3)cc(-c3ncco3)n2)n1. The number of oxazole rings is 1. The fraction of sp³-hybridized carbons (Fsp3) is 0.364. The summed E-state index contributed by atoms with van der Waals surface area (Å²) in [6, 6.07) is 12.8. The molecular formula is C33H35N7O5S. The molecular weight excluding hydrogens is 606 g/mol. The van der Waals surface area contributed by atoms with Crippen molar-refractivity contribution in [2.24, 2.45) is 0 Å². The lowest BCUT2D eigenvalue weighted by Gasteiger charge is -2.29. The summed E-state index contributed by atoms with van der Waals surface area (Å²) in [5.41, 5.74) is 0.954. The maximum Gasteiger partial charge on any atom is 0.408 e. The number of thiazole rings is 1. The van der Waals surface area contributed by atoms with E-state index in [-0.39, 0.29) is 41.7 Å². The number of nitrogens with one attached hydrogen (secondary N) is 1. The summed E-state index contributed by atoms with van der Waals surface area (Å²) in [5.74, 6) is 0.199. The van der Waals surface area contributed by atoms with Gasteiger partial charge in [0, 0.05) is 35.1 Å². The number of rotatable bonds is 8. The third-order valence-corrected chi connectivity index (χ3v) is 8.50. The van der Waals surface area contributed by atoms with Gasteiger partial charge in [0.2, 0.25) is 11.8 Å². The molecule has 238 valence electrons. The Kier molecular flexibility index (Phi) is 8.43. The topological polar surface area (TPSA) is 149 Å². The third-order valence-electron chi connectivity index (χ3n) is 7.44. The smallest absolute Gasteiger partial charge is 0.408 e. The van der Waals surface area contributed by atoms with E-state index in [1.54, 1.807) is 30.4 Å². The summed E-state index contributed by atoms with van der Waals surface area (Å²) in [6.45, 7) is 9.85. The van der Waals surface area contributed by atoms with Crippen LogP contribution in [0, 0.1) is 6.92 Å². The van der Waals surface area contributed by atoms with Crippen molar-refractivity contribution >= 4 is 23.3 Å². The number of hydrogen-bond acceptors (Lipinski definition) is 11. The van der Waals surface area contributed by atoms with Gasteiger partial charge >= 0.3 is 6.09 Å². The Morgan fingerprint density at radius 2 is 1.89 bits per heavy atom. The Bertz CT molecular complexity index is 1830. The van der Waals surface area contributed by atoms with Crippen LogP contribution in [0.3, 0.4) is 0 Å². The first kappa shape index (κ1) is 31.1. The highest BCUT2D eigenvalue weighted by Crippen LogP contribution is 2.36. The van der Waals surface area contributed by atoms with Gasteiger partial charge < -0.3 is 23.8 Å². The first-order valence-corrected chi connectivity index (χ1v) is 15.9. The molecule has 0 unspecified atom stereocenters. The molecule has 0 radical (unpaired) electrons. The number of hydrogen-bond donors (Lipinski definition) is 1. The Morgan fingerprint density at radius 3 is 2.59 bits per heavy atom.